The van der Waals surface area contributed by atoms with Crippen LogP contribution in [0.25, 0.3) is 0 Å². The molecule has 1 aromatic heterocycles. The number of imide groups is 1. The number of amides is 2. The Morgan fingerprint density at radius 1 is 1.19 bits per heavy atom. The second-order valence-corrected chi connectivity index (χ2v) is 9.48. The van der Waals surface area contributed by atoms with Gasteiger partial charge in [-0.25, -0.2) is 8.42 Å². The zero-order chi connectivity index (χ0) is 19.3. The Hall–Kier alpha value is -2.59. The lowest BCUT2D eigenvalue weighted by atomic mass is 10.1. The zero-order valence-corrected chi connectivity index (χ0v) is 15.9. The van der Waals surface area contributed by atoms with Crippen LogP contribution in [0.3, 0.4) is 0 Å². The highest BCUT2D eigenvalue weighted by atomic mass is 32.2. The van der Waals surface area contributed by atoms with Gasteiger partial charge in [0.15, 0.2) is 11.5 Å². The molecule has 2 aromatic rings. The van der Waals surface area contributed by atoms with E-state index < -0.39 is 33.4 Å². The van der Waals surface area contributed by atoms with E-state index in [4.69, 9.17) is 15.2 Å². The monoisotopic (exact) mass is 408 g/mol. The van der Waals surface area contributed by atoms with Gasteiger partial charge in [-0.05, 0) is 17.7 Å². The lowest BCUT2D eigenvalue weighted by Crippen LogP contribution is -2.38. The molecule has 0 bridgehead atoms. The molecule has 1 atom stereocenters. The normalized spacial score (nSPS) is 17.1. The van der Waals surface area contributed by atoms with Crippen LogP contribution < -0.4 is 15.2 Å². The minimum Gasteiger partial charge on any atom is -0.486 e. The molecule has 0 spiro atoms. The minimum absolute atomic E-state index is 0.140. The van der Waals surface area contributed by atoms with Gasteiger partial charge < -0.3 is 15.2 Å². The molecule has 0 saturated carbocycles. The van der Waals surface area contributed by atoms with Gasteiger partial charge in [0.25, 0.3) is 11.8 Å². The van der Waals surface area contributed by atoms with Gasteiger partial charge in [0, 0.05) is 11.6 Å². The van der Waals surface area contributed by atoms with Crippen molar-refractivity contribution >= 4 is 38.0 Å². The summed E-state index contributed by atoms with van der Waals surface area (Å²) in [7, 11) is -3.50. The molecular formula is C17H16N2O6S2. The number of nitrogens with zero attached hydrogens (tertiary/aromatic N) is 1. The van der Waals surface area contributed by atoms with Crippen molar-refractivity contribution in [3.8, 4) is 11.5 Å². The molecule has 0 unspecified atom stereocenters. The number of rotatable bonds is 4. The number of fused-ring (bicyclic) bond motifs is 2. The van der Waals surface area contributed by atoms with Crippen LogP contribution in [0, 0.1) is 0 Å². The van der Waals surface area contributed by atoms with Crippen molar-refractivity contribution in [2.75, 3.05) is 31.0 Å². The van der Waals surface area contributed by atoms with Gasteiger partial charge in [-0.1, -0.05) is 6.07 Å². The lowest BCUT2D eigenvalue weighted by Gasteiger charge is -2.27. The molecule has 0 saturated heterocycles. The highest BCUT2D eigenvalue weighted by Crippen LogP contribution is 2.40. The quantitative estimate of drug-likeness (QED) is 0.762. The first-order chi connectivity index (χ1) is 12.8. The Kier molecular flexibility index (Phi) is 4.11. The molecule has 8 nitrogen and oxygen atoms in total. The van der Waals surface area contributed by atoms with E-state index >= 15 is 0 Å². The van der Waals surface area contributed by atoms with Crippen molar-refractivity contribution in [3.63, 3.8) is 0 Å². The van der Waals surface area contributed by atoms with E-state index in [0.29, 0.717) is 30.3 Å². The zero-order valence-electron chi connectivity index (χ0n) is 14.3. The number of anilines is 1. The van der Waals surface area contributed by atoms with Gasteiger partial charge in [0.05, 0.1) is 27.9 Å². The number of benzene rings is 1. The molecule has 1 aromatic carbocycles. The maximum absolute atomic E-state index is 12.9. The largest absolute Gasteiger partial charge is 0.486 e. The number of hydrogen-bond acceptors (Lipinski definition) is 8. The molecule has 0 fully saturated rings. The van der Waals surface area contributed by atoms with Gasteiger partial charge in [0.1, 0.15) is 23.1 Å². The topological polar surface area (TPSA) is 116 Å². The highest BCUT2D eigenvalue weighted by Gasteiger charge is 2.44. The summed E-state index contributed by atoms with van der Waals surface area (Å²) >= 11 is 1.11. The molecule has 2 aliphatic rings. The summed E-state index contributed by atoms with van der Waals surface area (Å²) in [5.41, 5.74) is 6.65. The highest BCUT2D eigenvalue weighted by molar-refractivity contribution is 7.90. The third-order valence-corrected chi connectivity index (χ3v) is 6.16. The van der Waals surface area contributed by atoms with E-state index in [1.54, 1.807) is 18.2 Å². The average molecular weight is 408 g/mol. The number of nitrogen functional groups attached to an aromatic ring is 1. The fourth-order valence-corrected chi connectivity index (χ4v) is 4.94. The van der Waals surface area contributed by atoms with Crippen LogP contribution in [0.5, 0.6) is 11.5 Å². The van der Waals surface area contributed by atoms with Gasteiger partial charge in [-0.15, -0.1) is 11.3 Å². The maximum Gasteiger partial charge on any atom is 0.265 e. The smallest absolute Gasteiger partial charge is 0.265 e. The first kappa shape index (κ1) is 17.8. The van der Waals surface area contributed by atoms with Crippen LogP contribution in [0.15, 0.2) is 23.6 Å². The number of sulfone groups is 1. The van der Waals surface area contributed by atoms with E-state index in [9.17, 15) is 18.0 Å². The van der Waals surface area contributed by atoms with Crippen molar-refractivity contribution in [2.24, 2.45) is 0 Å². The Balaban J connectivity index is 1.79. The number of thiophene rings is 1. The third kappa shape index (κ3) is 3.04. The summed E-state index contributed by atoms with van der Waals surface area (Å²) in [5.74, 6) is -0.559. The number of hydrogen-bond donors (Lipinski definition) is 1. The SMILES string of the molecule is CS(=O)(=O)C[C@H](c1ccc2c(c1)OCCO2)N1C(=O)c2csc(N)c2C1=O. The number of ether oxygens (including phenoxy) is 2. The first-order valence-electron chi connectivity index (χ1n) is 8.08. The molecule has 2 N–H and O–H groups in total. The molecule has 10 heteroatoms. The Labute approximate surface area is 159 Å². The van der Waals surface area contributed by atoms with Gasteiger partial charge in [-0.3, -0.25) is 14.5 Å². The summed E-state index contributed by atoms with van der Waals surface area (Å²) in [4.78, 5) is 26.6. The number of carbonyl (C=O) groups is 2. The summed E-state index contributed by atoms with van der Waals surface area (Å²) in [6, 6.07) is 3.90. The molecule has 2 aliphatic heterocycles. The molecule has 0 radical (unpaired) electrons. The van der Waals surface area contributed by atoms with Gasteiger partial charge in [0.2, 0.25) is 0 Å². The predicted octanol–water partition coefficient (Wildman–Crippen LogP) is 1.48. The Bertz CT molecular complexity index is 1060. The third-order valence-electron chi connectivity index (χ3n) is 4.42. The van der Waals surface area contributed by atoms with Gasteiger partial charge >= 0.3 is 0 Å². The fourth-order valence-electron chi connectivity index (χ4n) is 3.25. The molecule has 2 amide bonds. The molecule has 3 heterocycles. The second-order valence-electron chi connectivity index (χ2n) is 6.38. The van der Waals surface area contributed by atoms with E-state index in [1.165, 1.54) is 5.38 Å². The standard InChI is InChI=1S/C17H16N2O6S2/c1-27(22,23)8-11(9-2-3-12-13(6-9)25-5-4-24-12)19-16(20)10-7-26-15(18)14(10)17(19)21/h2-3,6-7,11H,4-5,8,18H2,1H3/t11-/m1/s1. The van der Waals surface area contributed by atoms with E-state index in [0.717, 1.165) is 22.5 Å². The first-order valence-corrected chi connectivity index (χ1v) is 11.0. The summed E-state index contributed by atoms with van der Waals surface area (Å²) in [6.07, 6.45) is 1.06. The maximum atomic E-state index is 12.9. The molecular weight excluding hydrogens is 392 g/mol. The van der Waals surface area contributed by atoms with Crippen molar-refractivity contribution in [3.05, 3.63) is 40.3 Å². The average Bonchev–Trinajstić information content (AvgIpc) is 3.11. The van der Waals surface area contributed by atoms with Crippen LogP contribution in [0.4, 0.5) is 5.00 Å². The Morgan fingerprint density at radius 2 is 1.89 bits per heavy atom. The van der Waals surface area contributed by atoms with Crippen LogP contribution in [-0.4, -0.2) is 50.4 Å². The molecule has 4 rings (SSSR count). The van der Waals surface area contributed by atoms with Crippen LogP contribution in [0.2, 0.25) is 0 Å². The van der Waals surface area contributed by atoms with Crippen molar-refractivity contribution in [2.45, 2.75) is 6.04 Å². The van der Waals surface area contributed by atoms with Crippen LogP contribution in [0.1, 0.15) is 32.3 Å². The number of nitrogens with two attached hydrogens (primary N) is 1. The van der Waals surface area contributed by atoms with E-state index in [1.807, 2.05) is 0 Å². The predicted molar refractivity (Wildman–Crippen MR) is 99.1 cm³/mol. The van der Waals surface area contributed by atoms with Crippen molar-refractivity contribution < 1.29 is 27.5 Å². The van der Waals surface area contributed by atoms with E-state index in [-0.39, 0.29) is 16.1 Å². The molecule has 0 aliphatic carbocycles. The van der Waals surface area contributed by atoms with Gasteiger partial charge in [-0.2, -0.15) is 0 Å². The van der Waals surface area contributed by atoms with E-state index in [2.05, 4.69) is 0 Å². The number of carbonyl (C=O) groups excluding carboxylic acids is 2. The van der Waals surface area contributed by atoms with Crippen LogP contribution in [-0.2, 0) is 9.84 Å². The summed E-state index contributed by atoms with van der Waals surface area (Å²) in [5, 5.41) is 1.76. The Morgan fingerprint density at radius 3 is 2.56 bits per heavy atom. The fraction of sp³-hybridized carbons (Fsp3) is 0.294. The van der Waals surface area contributed by atoms with Crippen molar-refractivity contribution in [1.29, 1.82) is 0 Å². The van der Waals surface area contributed by atoms with Crippen LogP contribution >= 0.6 is 11.3 Å². The molecule has 142 valence electrons. The lowest BCUT2D eigenvalue weighted by molar-refractivity contribution is 0.0597. The molecule has 27 heavy (non-hydrogen) atoms. The minimum atomic E-state index is -3.50. The summed E-state index contributed by atoms with van der Waals surface area (Å²) < 4.78 is 35.1. The second kappa shape index (κ2) is 6.24. The van der Waals surface area contributed by atoms with Crippen molar-refractivity contribution in [1.82, 2.24) is 4.90 Å². The summed E-state index contributed by atoms with van der Waals surface area (Å²) in [6.45, 7) is 0.782.